The van der Waals surface area contributed by atoms with Crippen molar-refractivity contribution in [1.82, 2.24) is 0 Å². The first-order chi connectivity index (χ1) is 36.2. The maximum absolute atomic E-state index is 12.9. The third-order valence-corrected chi connectivity index (χ3v) is 13.8. The predicted molar refractivity (Wildman–Crippen MR) is 307 cm³/mol. The summed E-state index contributed by atoms with van der Waals surface area (Å²) in [6.07, 6.45) is 61.7. The minimum absolute atomic E-state index is 0.160. The van der Waals surface area contributed by atoms with Crippen LogP contribution in [0.5, 0.6) is 0 Å². The Bertz CT molecular complexity index is 1470. The van der Waals surface area contributed by atoms with E-state index in [2.05, 4.69) is 81.5 Å². The number of ether oxygens (including phenoxy) is 3. The molecule has 3 unspecified atom stereocenters. The van der Waals surface area contributed by atoms with Crippen LogP contribution in [0, 0.1) is 0 Å². The number of unbranched alkanes of at least 4 members (excludes halogenated alkanes) is 29. The Labute approximate surface area is 453 Å². The normalized spacial score (nSPS) is 13.7. The van der Waals surface area contributed by atoms with Gasteiger partial charge in [0.05, 0.1) is 19.8 Å². The zero-order chi connectivity index (χ0) is 54.1. The molecule has 0 heterocycles. The molecule has 0 aliphatic rings. The Hall–Kier alpha value is -2.82. The van der Waals surface area contributed by atoms with E-state index in [4.69, 9.17) is 23.3 Å². The highest BCUT2D eigenvalue weighted by Crippen LogP contribution is 2.43. The van der Waals surface area contributed by atoms with Crippen LogP contribution in [0.3, 0.4) is 0 Å². The molecule has 0 spiro atoms. The van der Waals surface area contributed by atoms with Crippen LogP contribution in [0.2, 0.25) is 0 Å². The predicted octanol–water partition coefficient (Wildman–Crippen LogP) is 17.9. The van der Waals surface area contributed by atoms with E-state index in [1.165, 1.54) is 103 Å². The van der Waals surface area contributed by atoms with Crippen LogP contribution in [-0.4, -0.2) is 66.5 Å². The summed E-state index contributed by atoms with van der Waals surface area (Å²) in [4.78, 5) is 48.6. The van der Waals surface area contributed by atoms with Gasteiger partial charge in [-0.15, -0.1) is 0 Å². The molecule has 0 aromatic heterocycles. The molecule has 12 heteroatoms. The SMILES string of the molecule is CCC/C=C\C/C=C\CCCCCCCC(=O)OC(CO)COP(=O)(O)OCC(COC(=O)CCCCCCCC/C=C\C/C=C\C/C=C\CCCCC)OC(=O)CCCCCCCCCCCCCCCCC. The van der Waals surface area contributed by atoms with Gasteiger partial charge in [-0.1, -0.05) is 236 Å². The fourth-order valence-electron chi connectivity index (χ4n) is 8.28. The van der Waals surface area contributed by atoms with Gasteiger partial charge in [-0.2, -0.15) is 0 Å². The van der Waals surface area contributed by atoms with Crippen molar-refractivity contribution in [2.24, 2.45) is 0 Å². The number of aliphatic hydroxyl groups is 1. The maximum Gasteiger partial charge on any atom is 0.472 e. The lowest BCUT2D eigenvalue weighted by atomic mass is 10.0. The van der Waals surface area contributed by atoms with E-state index in [0.717, 1.165) is 116 Å². The van der Waals surface area contributed by atoms with Gasteiger partial charge in [-0.3, -0.25) is 23.4 Å². The average molecular weight is 1060 g/mol. The summed E-state index contributed by atoms with van der Waals surface area (Å²) in [6.45, 7) is 4.55. The van der Waals surface area contributed by atoms with Gasteiger partial charge in [0, 0.05) is 19.3 Å². The lowest BCUT2D eigenvalue weighted by Gasteiger charge is -2.21. The average Bonchev–Trinajstić information content (AvgIpc) is 3.39. The fraction of sp³-hybridized carbons (Fsp3) is 0.790. The second-order valence-corrected chi connectivity index (χ2v) is 21.6. The molecule has 0 aliphatic heterocycles. The smallest absolute Gasteiger partial charge is 0.462 e. The number of hydrogen-bond acceptors (Lipinski definition) is 10. The molecule has 0 amide bonds. The van der Waals surface area contributed by atoms with E-state index < -0.39 is 57.8 Å². The van der Waals surface area contributed by atoms with Crippen molar-refractivity contribution in [1.29, 1.82) is 0 Å². The quantitative estimate of drug-likeness (QED) is 0.0197. The van der Waals surface area contributed by atoms with Crippen LogP contribution in [0.15, 0.2) is 60.8 Å². The standard InChI is InChI=1S/C62H111O11P/c1-4-7-10-13-16-19-22-25-27-28-29-30-32-34-36-39-42-45-48-51-60(64)69-55-59(73-62(66)53-50-47-44-41-38-35-31-26-23-20-17-14-11-8-5-2)57-71-74(67,68)70-56-58(54-63)72-61(65)52-49-46-43-40-37-33-24-21-18-15-12-9-6-3/h12,15-16,19,21,24-25,27,29-30,58-59,63H,4-11,13-14,17-18,20,22-23,26,28,31-57H2,1-3H3,(H,67,68)/b15-12-,19-16-,24-21-,27-25-,30-29-. The van der Waals surface area contributed by atoms with Crippen molar-refractivity contribution in [2.75, 3.05) is 26.4 Å². The second kappa shape index (κ2) is 56.4. The number of esters is 3. The van der Waals surface area contributed by atoms with Gasteiger partial charge >= 0.3 is 25.7 Å². The van der Waals surface area contributed by atoms with Crippen molar-refractivity contribution in [3.05, 3.63) is 60.8 Å². The fourth-order valence-corrected chi connectivity index (χ4v) is 9.07. The summed E-state index contributed by atoms with van der Waals surface area (Å²) in [5.74, 6) is -1.48. The molecule has 0 aromatic carbocycles. The molecule has 3 atom stereocenters. The number of aliphatic hydroxyl groups excluding tert-OH is 1. The van der Waals surface area contributed by atoms with Crippen molar-refractivity contribution in [3.63, 3.8) is 0 Å². The summed E-state index contributed by atoms with van der Waals surface area (Å²) in [5.41, 5.74) is 0. The van der Waals surface area contributed by atoms with Crippen LogP contribution < -0.4 is 0 Å². The summed E-state index contributed by atoms with van der Waals surface area (Å²) in [7, 11) is -4.75. The molecule has 74 heavy (non-hydrogen) atoms. The van der Waals surface area contributed by atoms with Crippen LogP contribution in [0.4, 0.5) is 0 Å². The first kappa shape index (κ1) is 71.2. The molecule has 0 radical (unpaired) electrons. The molecule has 0 saturated heterocycles. The molecule has 0 aliphatic carbocycles. The highest BCUT2D eigenvalue weighted by Gasteiger charge is 2.28. The number of carbonyl (C=O) groups is 3. The summed E-state index contributed by atoms with van der Waals surface area (Å²) < 4.78 is 39.6. The van der Waals surface area contributed by atoms with Crippen molar-refractivity contribution >= 4 is 25.7 Å². The van der Waals surface area contributed by atoms with Gasteiger partial charge in [0.25, 0.3) is 0 Å². The van der Waals surface area contributed by atoms with Crippen molar-refractivity contribution in [2.45, 2.75) is 290 Å². The summed E-state index contributed by atoms with van der Waals surface area (Å²) >= 11 is 0. The van der Waals surface area contributed by atoms with Gasteiger partial charge in [0.2, 0.25) is 0 Å². The first-order valence-electron chi connectivity index (χ1n) is 30.2. The molecule has 0 aromatic rings. The van der Waals surface area contributed by atoms with Gasteiger partial charge in [-0.25, -0.2) is 4.57 Å². The Balaban J connectivity index is 4.72. The van der Waals surface area contributed by atoms with E-state index in [1.807, 2.05) is 0 Å². The van der Waals surface area contributed by atoms with Crippen LogP contribution >= 0.6 is 7.82 Å². The maximum atomic E-state index is 12.9. The molecule has 430 valence electrons. The molecule has 0 fully saturated rings. The molecule has 0 rings (SSSR count). The van der Waals surface area contributed by atoms with E-state index in [-0.39, 0.29) is 25.9 Å². The van der Waals surface area contributed by atoms with Gasteiger partial charge in [0.15, 0.2) is 6.10 Å². The number of phosphoric acid groups is 1. The minimum Gasteiger partial charge on any atom is -0.462 e. The summed E-state index contributed by atoms with van der Waals surface area (Å²) in [5, 5.41) is 9.81. The molecule has 0 saturated carbocycles. The largest absolute Gasteiger partial charge is 0.472 e. The lowest BCUT2D eigenvalue weighted by Crippen LogP contribution is -2.30. The van der Waals surface area contributed by atoms with E-state index in [9.17, 15) is 28.9 Å². The Kier molecular flexibility index (Phi) is 54.2. The first-order valence-corrected chi connectivity index (χ1v) is 31.7. The monoisotopic (exact) mass is 1060 g/mol. The zero-order valence-corrected chi connectivity index (χ0v) is 48.5. The third kappa shape index (κ3) is 54.0. The van der Waals surface area contributed by atoms with E-state index >= 15 is 0 Å². The Morgan fingerprint density at radius 3 is 1.09 bits per heavy atom. The van der Waals surface area contributed by atoms with Crippen molar-refractivity contribution < 1.29 is 52.2 Å². The molecule has 2 N–H and O–H groups in total. The molecule has 11 nitrogen and oxygen atoms in total. The highest BCUT2D eigenvalue weighted by molar-refractivity contribution is 7.47. The number of carbonyl (C=O) groups excluding carboxylic acids is 3. The summed E-state index contributed by atoms with van der Waals surface area (Å²) in [6, 6.07) is 0. The Morgan fingerprint density at radius 1 is 0.378 bits per heavy atom. The minimum atomic E-state index is -4.75. The van der Waals surface area contributed by atoms with Crippen LogP contribution in [0.25, 0.3) is 0 Å². The third-order valence-electron chi connectivity index (χ3n) is 12.9. The molecular weight excluding hydrogens is 952 g/mol. The van der Waals surface area contributed by atoms with Gasteiger partial charge < -0.3 is 24.2 Å². The highest BCUT2D eigenvalue weighted by atomic mass is 31.2. The van der Waals surface area contributed by atoms with E-state index in [1.54, 1.807) is 0 Å². The van der Waals surface area contributed by atoms with Crippen LogP contribution in [-0.2, 0) is 42.2 Å². The van der Waals surface area contributed by atoms with Gasteiger partial charge in [0.1, 0.15) is 12.7 Å². The number of hydrogen-bond donors (Lipinski definition) is 2. The topological polar surface area (TPSA) is 155 Å². The Morgan fingerprint density at radius 2 is 0.689 bits per heavy atom. The van der Waals surface area contributed by atoms with Gasteiger partial charge in [-0.05, 0) is 83.5 Å². The van der Waals surface area contributed by atoms with Crippen LogP contribution in [0.1, 0.15) is 278 Å². The number of allylic oxidation sites excluding steroid dienone is 10. The zero-order valence-electron chi connectivity index (χ0n) is 47.6. The number of rotatable bonds is 56. The van der Waals surface area contributed by atoms with E-state index in [0.29, 0.717) is 19.3 Å². The molecule has 0 bridgehead atoms. The number of phosphoric ester groups is 1. The molecular formula is C62H111O11P. The lowest BCUT2D eigenvalue weighted by molar-refractivity contribution is -0.161. The second-order valence-electron chi connectivity index (χ2n) is 20.2. The van der Waals surface area contributed by atoms with Crippen molar-refractivity contribution in [3.8, 4) is 0 Å².